The van der Waals surface area contributed by atoms with Crippen molar-refractivity contribution in [2.24, 2.45) is 0 Å². The van der Waals surface area contributed by atoms with Crippen molar-refractivity contribution in [3.8, 4) is 0 Å². The summed E-state index contributed by atoms with van der Waals surface area (Å²) in [6.45, 7) is 7.70. The van der Waals surface area contributed by atoms with E-state index < -0.39 is 5.97 Å². The molecule has 1 aliphatic heterocycles. The smallest absolute Gasteiger partial charge is 0.325 e. The molecule has 8 nitrogen and oxygen atoms in total. The summed E-state index contributed by atoms with van der Waals surface area (Å²) < 4.78 is 6.96. The molecule has 1 fully saturated rings. The van der Waals surface area contributed by atoms with Crippen LogP contribution >= 0.6 is 11.3 Å². The van der Waals surface area contributed by atoms with Crippen molar-refractivity contribution in [3.63, 3.8) is 0 Å². The molecule has 2 aromatic heterocycles. The monoisotopic (exact) mass is 482 g/mol. The van der Waals surface area contributed by atoms with Crippen molar-refractivity contribution in [3.05, 3.63) is 58.6 Å². The number of nitrogens with one attached hydrogen (secondary N) is 1. The maximum absolute atomic E-state index is 13.6. The Bertz CT molecular complexity index is 1200. The average molecular weight is 483 g/mol. The molecule has 1 atom stereocenters. The third-order valence-corrected chi connectivity index (χ3v) is 7.13. The Morgan fingerprint density at radius 2 is 1.97 bits per heavy atom. The summed E-state index contributed by atoms with van der Waals surface area (Å²) in [5, 5.41) is 5.71. The lowest BCUT2D eigenvalue weighted by molar-refractivity contribution is -0.141. The van der Waals surface area contributed by atoms with Crippen LogP contribution in [-0.2, 0) is 16.1 Å². The highest BCUT2D eigenvalue weighted by Gasteiger charge is 2.32. The number of benzene rings is 1. The first-order valence-corrected chi connectivity index (χ1v) is 12.4. The number of rotatable bonds is 6. The number of ether oxygens (including phenoxy) is 1. The third-order valence-electron chi connectivity index (χ3n) is 6.18. The van der Waals surface area contributed by atoms with Crippen LogP contribution in [0.3, 0.4) is 0 Å². The number of fused-ring (bicyclic) bond motifs is 1. The molecule has 1 aliphatic rings. The molecule has 0 saturated carbocycles. The van der Waals surface area contributed by atoms with Crippen molar-refractivity contribution in [2.75, 3.05) is 32.8 Å². The van der Waals surface area contributed by atoms with E-state index in [-0.39, 0.29) is 31.1 Å². The number of aromatic nitrogens is 1. The molecule has 4 rings (SSSR count). The summed E-state index contributed by atoms with van der Waals surface area (Å²) in [5.74, 6) is -0.498. The normalized spacial score (nSPS) is 16.0. The zero-order valence-electron chi connectivity index (χ0n) is 19.7. The van der Waals surface area contributed by atoms with Crippen molar-refractivity contribution in [1.29, 1.82) is 0 Å². The van der Waals surface area contributed by atoms with E-state index in [4.69, 9.17) is 4.74 Å². The minimum absolute atomic E-state index is 0.0320. The van der Waals surface area contributed by atoms with Crippen molar-refractivity contribution in [2.45, 2.75) is 33.4 Å². The van der Waals surface area contributed by atoms with Gasteiger partial charge in [0.2, 0.25) is 0 Å². The summed E-state index contributed by atoms with van der Waals surface area (Å²) >= 11 is 1.63. The van der Waals surface area contributed by atoms with Gasteiger partial charge in [0.1, 0.15) is 17.1 Å². The van der Waals surface area contributed by atoms with Gasteiger partial charge >= 0.3 is 12.0 Å². The van der Waals surface area contributed by atoms with E-state index in [0.29, 0.717) is 31.9 Å². The van der Waals surface area contributed by atoms with Crippen LogP contribution in [0.1, 0.15) is 35.5 Å². The zero-order valence-corrected chi connectivity index (χ0v) is 20.6. The van der Waals surface area contributed by atoms with Crippen LogP contribution in [0.15, 0.2) is 41.8 Å². The molecule has 3 aromatic rings. The van der Waals surface area contributed by atoms with Crippen LogP contribution in [0.2, 0.25) is 0 Å². The van der Waals surface area contributed by atoms with Gasteiger partial charge in [0.05, 0.1) is 6.61 Å². The van der Waals surface area contributed by atoms with E-state index in [9.17, 15) is 14.4 Å². The first-order chi connectivity index (χ1) is 16.4. The number of carbonyl (C=O) groups excluding carboxylic acids is 3. The predicted molar refractivity (Wildman–Crippen MR) is 132 cm³/mol. The average Bonchev–Trinajstić information content (AvgIpc) is 3.41. The highest BCUT2D eigenvalue weighted by atomic mass is 32.1. The first kappa shape index (κ1) is 23.8. The number of amides is 3. The Hall–Kier alpha value is -3.33. The number of aryl methyl sites for hydroxylation is 1. The van der Waals surface area contributed by atoms with Crippen LogP contribution in [0.5, 0.6) is 0 Å². The maximum Gasteiger partial charge on any atom is 0.325 e. The van der Waals surface area contributed by atoms with E-state index in [0.717, 1.165) is 10.2 Å². The Morgan fingerprint density at radius 1 is 1.18 bits per heavy atom. The molecule has 180 valence electrons. The Morgan fingerprint density at radius 3 is 2.71 bits per heavy atom. The maximum atomic E-state index is 13.6. The molecule has 1 aromatic carbocycles. The summed E-state index contributed by atoms with van der Waals surface area (Å²) in [6.07, 6.45) is 0. The molecule has 0 spiro atoms. The van der Waals surface area contributed by atoms with Gasteiger partial charge in [0, 0.05) is 37.6 Å². The van der Waals surface area contributed by atoms with Crippen molar-refractivity contribution >= 4 is 39.5 Å². The summed E-state index contributed by atoms with van der Waals surface area (Å²) in [6, 6.07) is 11.7. The van der Waals surface area contributed by atoms with Crippen molar-refractivity contribution < 1.29 is 19.1 Å². The fourth-order valence-corrected chi connectivity index (χ4v) is 5.23. The topological polar surface area (TPSA) is 83.9 Å². The number of nitrogens with zero attached hydrogens (tertiary/aromatic N) is 3. The van der Waals surface area contributed by atoms with E-state index >= 15 is 0 Å². The van der Waals surface area contributed by atoms with Gasteiger partial charge in [-0.1, -0.05) is 24.3 Å². The number of thiophene rings is 1. The molecule has 1 N–H and O–H groups in total. The van der Waals surface area contributed by atoms with Crippen LogP contribution < -0.4 is 5.32 Å². The third kappa shape index (κ3) is 4.94. The van der Waals surface area contributed by atoms with Gasteiger partial charge in [-0.3, -0.25) is 9.59 Å². The fraction of sp³-hybridized carbons (Fsp3) is 0.400. The van der Waals surface area contributed by atoms with E-state index in [1.54, 1.807) is 23.2 Å². The minimum atomic E-state index is -0.466. The Balaban J connectivity index is 1.47. The molecule has 3 amide bonds. The molecule has 9 heteroatoms. The number of hydrogen-bond donors (Lipinski definition) is 1. The molecule has 0 aliphatic carbocycles. The summed E-state index contributed by atoms with van der Waals surface area (Å²) in [5.41, 5.74) is 3.03. The van der Waals surface area contributed by atoms with Crippen LogP contribution in [0.25, 0.3) is 10.2 Å². The second-order valence-electron chi connectivity index (χ2n) is 8.48. The highest BCUT2D eigenvalue weighted by molar-refractivity contribution is 7.16. The molecule has 3 heterocycles. The molecule has 0 radical (unpaired) electrons. The number of carbonyl (C=O) groups is 3. The van der Waals surface area contributed by atoms with E-state index in [2.05, 4.69) is 28.9 Å². The van der Waals surface area contributed by atoms with Gasteiger partial charge in [-0.15, -0.1) is 11.3 Å². The Labute approximate surface area is 203 Å². The van der Waals surface area contributed by atoms with Gasteiger partial charge in [-0.25, -0.2) is 4.79 Å². The lowest BCUT2D eigenvalue weighted by atomic mass is 10.1. The second-order valence-corrected chi connectivity index (χ2v) is 9.38. The molecular weight excluding hydrogens is 452 g/mol. The number of piperazine rings is 1. The van der Waals surface area contributed by atoms with Crippen LogP contribution in [0, 0.1) is 6.92 Å². The first-order valence-electron chi connectivity index (χ1n) is 11.5. The molecule has 1 saturated heterocycles. The highest BCUT2D eigenvalue weighted by Crippen LogP contribution is 2.28. The second kappa shape index (κ2) is 10.3. The molecular formula is C25H30N4O4S. The van der Waals surface area contributed by atoms with Gasteiger partial charge in [-0.05, 0) is 49.4 Å². The standard InChI is InChI=1S/C25H30N4O4S/c1-4-33-22(30)14-26-25(32)28-11-10-27(15-18(28)3)23(31)21-13-19-9-12-34-24(19)29(21)16-20-8-6-5-7-17(20)2/h5-9,12-13,18H,4,10-11,14-16H2,1-3H3,(H,26,32)/t18-/m0/s1. The summed E-state index contributed by atoms with van der Waals surface area (Å²) in [4.78, 5) is 42.2. The van der Waals surface area contributed by atoms with Gasteiger partial charge in [0.25, 0.3) is 5.91 Å². The SMILES string of the molecule is CCOC(=O)CNC(=O)N1CCN(C(=O)c2cc3ccsc3n2Cc2ccccc2C)C[C@@H]1C. The zero-order chi connectivity index (χ0) is 24.2. The number of esters is 1. The summed E-state index contributed by atoms with van der Waals surface area (Å²) in [7, 11) is 0. The largest absolute Gasteiger partial charge is 0.465 e. The van der Waals surface area contributed by atoms with E-state index in [1.165, 1.54) is 11.1 Å². The van der Waals surface area contributed by atoms with Crippen LogP contribution in [0.4, 0.5) is 4.79 Å². The van der Waals surface area contributed by atoms with E-state index in [1.807, 2.05) is 41.5 Å². The number of hydrogen-bond acceptors (Lipinski definition) is 5. The van der Waals surface area contributed by atoms with Gasteiger partial charge in [-0.2, -0.15) is 0 Å². The van der Waals surface area contributed by atoms with Crippen LogP contribution in [-0.4, -0.2) is 71.1 Å². The number of urea groups is 1. The van der Waals surface area contributed by atoms with Gasteiger partial charge in [0.15, 0.2) is 0 Å². The minimum Gasteiger partial charge on any atom is -0.465 e. The quantitative estimate of drug-likeness (QED) is 0.546. The Kier molecular flexibility index (Phi) is 7.21. The molecule has 0 unspecified atom stereocenters. The predicted octanol–water partition coefficient (Wildman–Crippen LogP) is 3.48. The lowest BCUT2D eigenvalue weighted by Gasteiger charge is -2.39. The molecule has 0 bridgehead atoms. The molecule has 34 heavy (non-hydrogen) atoms. The lowest BCUT2D eigenvalue weighted by Crippen LogP contribution is -2.58. The van der Waals surface area contributed by atoms with Crippen molar-refractivity contribution in [1.82, 2.24) is 19.7 Å². The fourth-order valence-electron chi connectivity index (χ4n) is 4.33. The van der Waals surface area contributed by atoms with Gasteiger partial charge < -0.3 is 24.4 Å².